The van der Waals surface area contributed by atoms with E-state index in [2.05, 4.69) is 39.3 Å². The van der Waals surface area contributed by atoms with Gasteiger partial charge in [0.2, 0.25) is 0 Å². The van der Waals surface area contributed by atoms with E-state index < -0.39 is 0 Å². The molecular weight excluding hydrogens is 302 g/mol. The number of amides is 2. The van der Waals surface area contributed by atoms with Gasteiger partial charge in [-0.15, -0.1) is 0 Å². The molecule has 0 radical (unpaired) electrons. The predicted octanol–water partition coefficient (Wildman–Crippen LogP) is 2.68. The molecule has 3 heterocycles. The van der Waals surface area contributed by atoms with Crippen LogP contribution in [0.4, 0.5) is 16.3 Å². The second-order valence-electron chi connectivity index (χ2n) is 6.67. The maximum Gasteiger partial charge on any atom is 0.319 e. The van der Waals surface area contributed by atoms with Gasteiger partial charge in [0.25, 0.3) is 0 Å². The van der Waals surface area contributed by atoms with E-state index in [1.807, 2.05) is 12.1 Å². The van der Waals surface area contributed by atoms with Crippen LogP contribution >= 0.6 is 0 Å². The molecule has 6 nitrogen and oxygen atoms in total. The van der Waals surface area contributed by atoms with E-state index in [9.17, 15) is 4.79 Å². The number of aromatic nitrogens is 1. The van der Waals surface area contributed by atoms with Gasteiger partial charge in [-0.1, -0.05) is 6.42 Å². The summed E-state index contributed by atoms with van der Waals surface area (Å²) in [6.45, 7) is 8.37. The fraction of sp³-hybridized carbons (Fsp3) is 0.667. The lowest BCUT2D eigenvalue weighted by molar-refractivity contribution is 0.180. The molecule has 2 fully saturated rings. The average Bonchev–Trinajstić information content (AvgIpc) is 3.00. The molecular formula is C18H29N5O. The molecule has 2 aliphatic heterocycles. The van der Waals surface area contributed by atoms with Gasteiger partial charge in [0.1, 0.15) is 5.82 Å². The highest BCUT2D eigenvalue weighted by Crippen LogP contribution is 2.27. The Balaban J connectivity index is 1.53. The van der Waals surface area contributed by atoms with Gasteiger partial charge >= 0.3 is 6.03 Å². The number of carbonyl (C=O) groups is 1. The Morgan fingerprint density at radius 3 is 2.79 bits per heavy atom. The number of carbonyl (C=O) groups excluding carboxylic acids is 1. The Labute approximate surface area is 144 Å². The number of fused-ring (bicyclic) bond motifs is 1. The van der Waals surface area contributed by atoms with Gasteiger partial charge in [0, 0.05) is 31.7 Å². The minimum absolute atomic E-state index is 0.121. The van der Waals surface area contributed by atoms with Crippen molar-refractivity contribution in [2.45, 2.75) is 51.6 Å². The van der Waals surface area contributed by atoms with Crippen LogP contribution in [0.1, 0.15) is 39.5 Å². The van der Waals surface area contributed by atoms with Crippen LogP contribution in [-0.4, -0.2) is 54.2 Å². The van der Waals surface area contributed by atoms with Crippen molar-refractivity contribution in [3.63, 3.8) is 0 Å². The number of hydrogen-bond acceptors (Lipinski definition) is 4. The molecule has 6 heteroatoms. The van der Waals surface area contributed by atoms with Crippen molar-refractivity contribution in [2.24, 2.45) is 0 Å². The molecule has 2 unspecified atom stereocenters. The number of pyridine rings is 1. The van der Waals surface area contributed by atoms with Crippen molar-refractivity contribution in [3.8, 4) is 0 Å². The molecule has 2 atom stereocenters. The zero-order chi connectivity index (χ0) is 16.9. The molecule has 0 aliphatic carbocycles. The van der Waals surface area contributed by atoms with Crippen LogP contribution in [-0.2, 0) is 0 Å². The van der Waals surface area contributed by atoms with E-state index in [-0.39, 0.29) is 12.1 Å². The number of nitrogens with zero attached hydrogens (tertiary/aromatic N) is 3. The standard InChI is InChI=1S/C18H29N5O/c1-3-22(4-2)17-9-8-14(13-19-17)20-18(24)21-15-10-12-23-11-6-5-7-16(15)23/h8-9,13,15-16H,3-7,10-12H2,1-2H3,(H2,20,21,24). The topological polar surface area (TPSA) is 60.5 Å². The van der Waals surface area contributed by atoms with Crippen LogP contribution in [0.5, 0.6) is 0 Å². The first-order valence-electron chi connectivity index (χ1n) is 9.23. The summed E-state index contributed by atoms with van der Waals surface area (Å²) in [5.74, 6) is 0.944. The zero-order valence-electron chi connectivity index (χ0n) is 14.8. The summed E-state index contributed by atoms with van der Waals surface area (Å²) < 4.78 is 0. The lowest BCUT2D eigenvalue weighted by atomic mass is 9.99. The number of nitrogens with one attached hydrogen (secondary N) is 2. The fourth-order valence-corrected chi connectivity index (χ4v) is 3.95. The van der Waals surface area contributed by atoms with Gasteiger partial charge in [0.05, 0.1) is 11.9 Å². The van der Waals surface area contributed by atoms with Crippen molar-refractivity contribution < 1.29 is 4.79 Å². The smallest absolute Gasteiger partial charge is 0.319 e. The average molecular weight is 331 g/mol. The Kier molecular flexibility index (Phi) is 5.56. The molecule has 2 N–H and O–H groups in total. The number of piperidine rings is 1. The van der Waals surface area contributed by atoms with Gasteiger partial charge in [-0.3, -0.25) is 4.90 Å². The van der Waals surface area contributed by atoms with E-state index in [1.165, 1.54) is 25.8 Å². The lowest BCUT2D eigenvalue weighted by Gasteiger charge is -2.32. The van der Waals surface area contributed by atoms with Crippen molar-refractivity contribution in [3.05, 3.63) is 18.3 Å². The second-order valence-corrected chi connectivity index (χ2v) is 6.67. The number of anilines is 2. The summed E-state index contributed by atoms with van der Waals surface area (Å²) in [5, 5.41) is 6.07. The molecule has 1 aromatic rings. The maximum absolute atomic E-state index is 12.3. The van der Waals surface area contributed by atoms with Gasteiger partial charge in [0.15, 0.2) is 0 Å². The van der Waals surface area contributed by atoms with Crippen LogP contribution in [0.2, 0.25) is 0 Å². The monoisotopic (exact) mass is 331 g/mol. The summed E-state index contributed by atoms with van der Waals surface area (Å²) in [6, 6.07) is 4.55. The third-order valence-corrected chi connectivity index (χ3v) is 5.27. The minimum atomic E-state index is -0.121. The molecule has 1 aromatic heterocycles. The first-order chi connectivity index (χ1) is 11.7. The minimum Gasteiger partial charge on any atom is -0.357 e. The van der Waals surface area contributed by atoms with Crippen LogP contribution < -0.4 is 15.5 Å². The first-order valence-corrected chi connectivity index (χ1v) is 9.23. The SMILES string of the molecule is CCN(CC)c1ccc(NC(=O)NC2CCN3CCCCC23)cn1. The van der Waals surface area contributed by atoms with Gasteiger partial charge < -0.3 is 15.5 Å². The Bertz CT molecular complexity index is 543. The number of rotatable bonds is 5. The quantitative estimate of drug-likeness (QED) is 0.871. The van der Waals surface area contributed by atoms with E-state index in [4.69, 9.17) is 0 Å². The van der Waals surface area contributed by atoms with Crippen molar-refractivity contribution in [2.75, 3.05) is 36.4 Å². The normalized spacial score (nSPS) is 23.6. The Hall–Kier alpha value is -1.82. The molecule has 2 saturated heterocycles. The van der Waals surface area contributed by atoms with Crippen LogP contribution in [0.25, 0.3) is 0 Å². The number of hydrogen-bond donors (Lipinski definition) is 2. The van der Waals surface area contributed by atoms with E-state index in [0.29, 0.717) is 6.04 Å². The van der Waals surface area contributed by atoms with Gasteiger partial charge in [-0.05, 0) is 51.8 Å². The highest BCUT2D eigenvalue weighted by molar-refractivity contribution is 5.89. The van der Waals surface area contributed by atoms with Gasteiger partial charge in [-0.2, -0.15) is 0 Å². The van der Waals surface area contributed by atoms with Crippen molar-refractivity contribution >= 4 is 17.5 Å². The number of urea groups is 1. The molecule has 0 aromatic carbocycles. The van der Waals surface area contributed by atoms with Crippen LogP contribution in [0.3, 0.4) is 0 Å². The molecule has 0 saturated carbocycles. The Morgan fingerprint density at radius 2 is 2.08 bits per heavy atom. The summed E-state index contributed by atoms with van der Waals surface area (Å²) >= 11 is 0. The fourth-order valence-electron chi connectivity index (χ4n) is 3.95. The lowest BCUT2D eigenvalue weighted by Crippen LogP contribution is -2.47. The molecule has 2 aliphatic rings. The van der Waals surface area contributed by atoms with Gasteiger partial charge in [-0.25, -0.2) is 9.78 Å². The Morgan fingerprint density at radius 1 is 1.25 bits per heavy atom. The second kappa shape index (κ2) is 7.83. The zero-order valence-corrected chi connectivity index (χ0v) is 14.8. The van der Waals surface area contributed by atoms with E-state index in [0.717, 1.165) is 37.6 Å². The van der Waals surface area contributed by atoms with Crippen molar-refractivity contribution in [1.29, 1.82) is 0 Å². The first kappa shape index (κ1) is 17.0. The summed E-state index contributed by atoms with van der Waals surface area (Å²) in [6.07, 6.45) is 6.55. The molecule has 0 spiro atoms. The van der Waals surface area contributed by atoms with E-state index >= 15 is 0 Å². The summed E-state index contributed by atoms with van der Waals surface area (Å²) in [7, 11) is 0. The molecule has 0 bridgehead atoms. The highest BCUT2D eigenvalue weighted by Gasteiger charge is 2.36. The molecule has 3 rings (SSSR count). The van der Waals surface area contributed by atoms with Crippen LogP contribution in [0.15, 0.2) is 18.3 Å². The third kappa shape index (κ3) is 3.80. The summed E-state index contributed by atoms with van der Waals surface area (Å²) in [4.78, 5) is 21.4. The highest BCUT2D eigenvalue weighted by atomic mass is 16.2. The maximum atomic E-state index is 12.3. The van der Waals surface area contributed by atoms with Crippen LogP contribution in [0, 0.1) is 0 Å². The molecule has 2 amide bonds. The predicted molar refractivity (Wildman–Crippen MR) is 97.6 cm³/mol. The molecule has 132 valence electrons. The molecule has 24 heavy (non-hydrogen) atoms. The third-order valence-electron chi connectivity index (χ3n) is 5.27. The summed E-state index contributed by atoms with van der Waals surface area (Å²) in [5.41, 5.74) is 0.738. The van der Waals surface area contributed by atoms with E-state index in [1.54, 1.807) is 6.20 Å². The largest absolute Gasteiger partial charge is 0.357 e. The van der Waals surface area contributed by atoms with Crippen molar-refractivity contribution in [1.82, 2.24) is 15.2 Å².